The molecule has 0 unspecified atom stereocenters. The standard InChI is InChI=1S/C20H23NO3/c1-13-4-9-18(14(2)10-13)20(23)24-12-16-5-7-17(8-6-16)19(11-21)15(3)22/h4-10,19H,11-12,21H2,1-3H3/t19-/m0/s1. The normalized spacial score (nSPS) is 11.8. The molecule has 0 aromatic heterocycles. The maximum Gasteiger partial charge on any atom is 0.338 e. The first kappa shape index (κ1) is 17.9. The second-order valence-electron chi connectivity index (χ2n) is 6.04. The van der Waals surface area contributed by atoms with Crippen molar-refractivity contribution in [1.82, 2.24) is 0 Å². The molecule has 0 aliphatic carbocycles. The highest BCUT2D eigenvalue weighted by Gasteiger charge is 2.15. The summed E-state index contributed by atoms with van der Waals surface area (Å²) in [5.74, 6) is -0.566. The summed E-state index contributed by atoms with van der Waals surface area (Å²) in [6, 6.07) is 13.1. The lowest BCUT2D eigenvalue weighted by molar-refractivity contribution is -0.118. The van der Waals surface area contributed by atoms with Crippen molar-refractivity contribution >= 4 is 11.8 Å². The Hall–Kier alpha value is -2.46. The Morgan fingerprint density at radius 1 is 1.08 bits per heavy atom. The summed E-state index contributed by atoms with van der Waals surface area (Å²) in [5, 5.41) is 0. The van der Waals surface area contributed by atoms with Crippen LogP contribution in [0.25, 0.3) is 0 Å². The summed E-state index contributed by atoms with van der Waals surface area (Å²) in [5.41, 5.74) is 9.99. The second kappa shape index (κ2) is 7.88. The predicted molar refractivity (Wildman–Crippen MR) is 94.0 cm³/mol. The molecule has 2 rings (SSSR count). The van der Waals surface area contributed by atoms with Gasteiger partial charge < -0.3 is 10.5 Å². The molecule has 4 nitrogen and oxygen atoms in total. The van der Waals surface area contributed by atoms with Crippen LogP contribution in [0.4, 0.5) is 0 Å². The second-order valence-corrected chi connectivity index (χ2v) is 6.04. The van der Waals surface area contributed by atoms with Gasteiger partial charge in [0, 0.05) is 6.54 Å². The molecule has 126 valence electrons. The van der Waals surface area contributed by atoms with E-state index in [1.54, 1.807) is 6.07 Å². The van der Waals surface area contributed by atoms with Gasteiger partial charge in [0.15, 0.2) is 0 Å². The largest absolute Gasteiger partial charge is 0.457 e. The van der Waals surface area contributed by atoms with E-state index in [1.807, 2.05) is 50.2 Å². The minimum absolute atomic E-state index is 0.0477. The molecule has 0 saturated heterocycles. The van der Waals surface area contributed by atoms with Gasteiger partial charge in [-0.15, -0.1) is 0 Å². The van der Waals surface area contributed by atoms with E-state index in [4.69, 9.17) is 10.5 Å². The summed E-state index contributed by atoms with van der Waals surface area (Å²) in [7, 11) is 0. The summed E-state index contributed by atoms with van der Waals surface area (Å²) < 4.78 is 5.38. The molecule has 0 heterocycles. The van der Waals surface area contributed by atoms with Crippen LogP contribution in [0, 0.1) is 13.8 Å². The fourth-order valence-corrected chi connectivity index (χ4v) is 2.65. The van der Waals surface area contributed by atoms with Gasteiger partial charge in [0.25, 0.3) is 0 Å². The zero-order chi connectivity index (χ0) is 17.7. The Morgan fingerprint density at radius 3 is 2.29 bits per heavy atom. The topological polar surface area (TPSA) is 69.4 Å². The highest BCUT2D eigenvalue weighted by atomic mass is 16.5. The van der Waals surface area contributed by atoms with Crippen molar-refractivity contribution in [2.75, 3.05) is 6.54 Å². The monoisotopic (exact) mass is 325 g/mol. The zero-order valence-electron chi connectivity index (χ0n) is 14.3. The Morgan fingerprint density at radius 2 is 1.75 bits per heavy atom. The molecule has 0 aliphatic heterocycles. The van der Waals surface area contributed by atoms with Gasteiger partial charge >= 0.3 is 5.97 Å². The summed E-state index contributed by atoms with van der Waals surface area (Å²) in [6.45, 7) is 5.90. The fourth-order valence-electron chi connectivity index (χ4n) is 2.65. The molecule has 1 atom stereocenters. The Balaban J connectivity index is 2.01. The third-order valence-electron chi connectivity index (χ3n) is 4.08. The van der Waals surface area contributed by atoms with E-state index in [0.29, 0.717) is 5.56 Å². The SMILES string of the molecule is CC(=O)[C@H](CN)c1ccc(COC(=O)c2ccc(C)cc2C)cc1. The van der Waals surface area contributed by atoms with E-state index in [1.165, 1.54) is 6.92 Å². The molecule has 24 heavy (non-hydrogen) atoms. The summed E-state index contributed by atoms with van der Waals surface area (Å²) in [4.78, 5) is 23.7. The number of ketones is 1. The molecule has 0 fully saturated rings. The maximum atomic E-state index is 12.2. The first-order valence-corrected chi connectivity index (χ1v) is 7.96. The van der Waals surface area contributed by atoms with E-state index >= 15 is 0 Å². The minimum Gasteiger partial charge on any atom is -0.457 e. The van der Waals surface area contributed by atoms with Crippen LogP contribution in [0.2, 0.25) is 0 Å². The lowest BCUT2D eigenvalue weighted by atomic mass is 9.95. The van der Waals surface area contributed by atoms with Crippen LogP contribution in [0.15, 0.2) is 42.5 Å². The molecule has 0 bridgehead atoms. The Kier molecular flexibility index (Phi) is 5.88. The molecular formula is C20H23NO3. The zero-order valence-corrected chi connectivity index (χ0v) is 14.3. The Bertz CT molecular complexity index is 735. The number of aryl methyl sites for hydroxylation is 2. The van der Waals surface area contributed by atoms with Gasteiger partial charge in [-0.25, -0.2) is 4.79 Å². The highest BCUT2D eigenvalue weighted by Crippen LogP contribution is 2.18. The summed E-state index contributed by atoms with van der Waals surface area (Å²) >= 11 is 0. The quantitative estimate of drug-likeness (QED) is 0.827. The number of esters is 1. The lowest BCUT2D eigenvalue weighted by Crippen LogP contribution is -2.19. The Labute approximate surface area is 142 Å². The maximum absolute atomic E-state index is 12.2. The van der Waals surface area contributed by atoms with Crippen molar-refractivity contribution in [1.29, 1.82) is 0 Å². The van der Waals surface area contributed by atoms with Crippen LogP contribution in [0.3, 0.4) is 0 Å². The van der Waals surface area contributed by atoms with Crippen LogP contribution in [-0.4, -0.2) is 18.3 Å². The van der Waals surface area contributed by atoms with Crippen LogP contribution < -0.4 is 5.73 Å². The molecule has 4 heteroatoms. The minimum atomic E-state index is -0.333. The highest BCUT2D eigenvalue weighted by molar-refractivity contribution is 5.91. The van der Waals surface area contributed by atoms with E-state index in [9.17, 15) is 9.59 Å². The smallest absolute Gasteiger partial charge is 0.338 e. The fraction of sp³-hybridized carbons (Fsp3) is 0.300. The first-order chi connectivity index (χ1) is 11.4. The van der Waals surface area contributed by atoms with Gasteiger partial charge in [0.1, 0.15) is 12.4 Å². The summed E-state index contributed by atoms with van der Waals surface area (Å²) in [6.07, 6.45) is 0. The van der Waals surface area contributed by atoms with Crippen molar-refractivity contribution in [3.05, 3.63) is 70.3 Å². The first-order valence-electron chi connectivity index (χ1n) is 7.96. The van der Waals surface area contributed by atoms with Crippen LogP contribution in [0.5, 0.6) is 0 Å². The van der Waals surface area contributed by atoms with Gasteiger partial charge in [0.2, 0.25) is 0 Å². The third-order valence-corrected chi connectivity index (χ3v) is 4.08. The number of Topliss-reactive ketones (excluding diaryl/α,β-unsaturated/α-hetero) is 1. The van der Waals surface area contributed by atoms with Gasteiger partial charge in [-0.3, -0.25) is 4.79 Å². The molecule has 0 saturated carbocycles. The van der Waals surface area contributed by atoms with Crippen LogP contribution in [-0.2, 0) is 16.1 Å². The predicted octanol–water partition coefficient (Wildman–Crippen LogP) is 3.29. The molecule has 0 radical (unpaired) electrons. The molecule has 0 spiro atoms. The molecule has 2 N–H and O–H groups in total. The van der Waals surface area contributed by atoms with Gasteiger partial charge in [0.05, 0.1) is 11.5 Å². The van der Waals surface area contributed by atoms with E-state index in [-0.39, 0.29) is 30.8 Å². The van der Waals surface area contributed by atoms with E-state index < -0.39 is 0 Å². The molecule has 2 aromatic carbocycles. The number of nitrogens with two attached hydrogens (primary N) is 1. The van der Waals surface area contributed by atoms with Gasteiger partial charge in [-0.05, 0) is 43.5 Å². The van der Waals surface area contributed by atoms with Crippen molar-refractivity contribution in [3.8, 4) is 0 Å². The van der Waals surface area contributed by atoms with Crippen molar-refractivity contribution in [2.24, 2.45) is 5.73 Å². The molecule has 0 amide bonds. The molecule has 2 aromatic rings. The number of ether oxygens (including phenoxy) is 1. The number of carbonyl (C=O) groups is 2. The average molecular weight is 325 g/mol. The van der Waals surface area contributed by atoms with Crippen molar-refractivity contribution in [3.63, 3.8) is 0 Å². The van der Waals surface area contributed by atoms with Crippen LogP contribution in [0.1, 0.15) is 45.5 Å². The van der Waals surface area contributed by atoms with Crippen LogP contribution >= 0.6 is 0 Å². The lowest BCUT2D eigenvalue weighted by Gasteiger charge is -2.12. The van der Waals surface area contributed by atoms with Crippen molar-refractivity contribution < 1.29 is 14.3 Å². The van der Waals surface area contributed by atoms with E-state index in [0.717, 1.165) is 22.3 Å². The third kappa shape index (κ3) is 4.30. The van der Waals surface area contributed by atoms with Gasteiger partial charge in [-0.1, -0.05) is 42.0 Å². The number of carbonyl (C=O) groups excluding carboxylic acids is 2. The number of benzene rings is 2. The molecule has 0 aliphatic rings. The average Bonchev–Trinajstić information content (AvgIpc) is 2.54. The number of hydrogen-bond donors (Lipinski definition) is 1. The molecular weight excluding hydrogens is 302 g/mol. The van der Waals surface area contributed by atoms with Crippen molar-refractivity contribution in [2.45, 2.75) is 33.3 Å². The van der Waals surface area contributed by atoms with Gasteiger partial charge in [-0.2, -0.15) is 0 Å². The number of hydrogen-bond acceptors (Lipinski definition) is 4. The van der Waals surface area contributed by atoms with E-state index in [2.05, 4.69) is 0 Å². The number of rotatable bonds is 6.